The van der Waals surface area contributed by atoms with Crippen molar-refractivity contribution in [1.82, 2.24) is 15.2 Å². The molecule has 3 N–H and O–H groups in total. The molecule has 28 heavy (non-hydrogen) atoms. The van der Waals surface area contributed by atoms with Gasteiger partial charge >= 0.3 is 0 Å². The van der Waals surface area contributed by atoms with Crippen LogP contribution in [0.2, 0.25) is 0 Å². The topological polar surface area (TPSA) is 59.7 Å². The normalized spacial score (nSPS) is 17.2. The molecular formula is C23H25N5. The Morgan fingerprint density at radius 3 is 2.79 bits per heavy atom. The summed E-state index contributed by atoms with van der Waals surface area (Å²) in [5.74, 6) is 0. The summed E-state index contributed by atoms with van der Waals surface area (Å²) in [7, 11) is 0. The van der Waals surface area contributed by atoms with Gasteiger partial charge in [-0.3, -0.25) is 5.10 Å². The number of aryl methyl sites for hydroxylation is 1. The third-order valence-corrected chi connectivity index (χ3v) is 5.61. The molecule has 1 saturated heterocycles. The van der Waals surface area contributed by atoms with E-state index in [-0.39, 0.29) is 0 Å². The second-order valence-corrected chi connectivity index (χ2v) is 7.72. The van der Waals surface area contributed by atoms with Crippen molar-refractivity contribution < 1.29 is 0 Å². The van der Waals surface area contributed by atoms with Gasteiger partial charge in [-0.15, -0.1) is 0 Å². The summed E-state index contributed by atoms with van der Waals surface area (Å²) < 4.78 is 0. The Hall–Kier alpha value is -3.21. The summed E-state index contributed by atoms with van der Waals surface area (Å²) in [5, 5.41) is 11.9. The van der Waals surface area contributed by atoms with Crippen LogP contribution in [-0.4, -0.2) is 34.3 Å². The van der Waals surface area contributed by atoms with Crippen molar-refractivity contribution >= 4 is 22.3 Å². The molecule has 1 aliphatic rings. The molecule has 0 amide bonds. The number of H-pyrrole nitrogens is 2. The molecule has 0 bridgehead atoms. The van der Waals surface area contributed by atoms with Crippen LogP contribution in [0.5, 0.6) is 0 Å². The highest BCUT2D eigenvalue weighted by Crippen LogP contribution is 2.27. The van der Waals surface area contributed by atoms with Crippen LogP contribution in [0.15, 0.2) is 60.9 Å². The van der Waals surface area contributed by atoms with Crippen LogP contribution in [0.4, 0.5) is 11.4 Å². The molecule has 0 radical (unpaired) electrons. The Labute approximate surface area is 164 Å². The number of aromatic nitrogens is 3. The molecule has 2 aromatic carbocycles. The number of nitrogens with one attached hydrogen (secondary N) is 3. The monoisotopic (exact) mass is 371 g/mol. The molecule has 3 heterocycles. The van der Waals surface area contributed by atoms with Crippen LogP contribution in [0, 0.1) is 6.92 Å². The van der Waals surface area contributed by atoms with Crippen LogP contribution in [0.3, 0.4) is 0 Å². The van der Waals surface area contributed by atoms with E-state index in [0.717, 1.165) is 18.7 Å². The number of benzene rings is 2. The summed E-state index contributed by atoms with van der Waals surface area (Å²) in [5.41, 5.74) is 7.21. The summed E-state index contributed by atoms with van der Waals surface area (Å²) in [6, 6.07) is 18.0. The quantitative estimate of drug-likeness (QED) is 0.476. The fourth-order valence-corrected chi connectivity index (χ4v) is 4.19. The van der Waals surface area contributed by atoms with Crippen LogP contribution in [-0.2, 0) is 0 Å². The van der Waals surface area contributed by atoms with Crippen LogP contribution in [0.1, 0.15) is 18.5 Å². The molecule has 1 aliphatic heterocycles. The first kappa shape index (κ1) is 16.9. The Kier molecular flexibility index (Phi) is 4.28. The van der Waals surface area contributed by atoms with E-state index in [9.17, 15) is 0 Å². The molecule has 0 spiro atoms. The van der Waals surface area contributed by atoms with Crippen LogP contribution < -0.4 is 10.2 Å². The molecule has 142 valence electrons. The first-order chi connectivity index (χ1) is 13.7. The average Bonchev–Trinajstić information content (AvgIpc) is 3.37. The molecule has 0 aliphatic carbocycles. The minimum atomic E-state index is 0.453. The van der Waals surface area contributed by atoms with Crippen LogP contribution >= 0.6 is 0 Å². The highest BCUT2D eigenvalue weighted by molar-refractivity contribution is 5.84. The molecule has 2 aromatic heterocycles. The van der Waals surface area contributed by atoms with E-state index in [4.69, 9.17) is 0 Å². The fourth-order valence-electron chi connectivity index (χ4n) is 4.19. The number of rotatable bonds is 4. The van der Waals surface area contributed by atoms with Gasteiger partial charge in [-0.25, -0.2) is 0 Å². The summed E-state index contributed by atoms with van der Waals surface area (Å²) >= 11 is 0. The molecule has 1 unspecified atom stereocenters. The number of piperidine rings is 1. The van der Waals surface area contributed by atoms with E-state index in [1.54, 1.807) is 0 Å². The highest BCUT2D eigenvalue weighted by atomic mass is 15.2. The van der Waals surface area contributed by atoms with Gasteiger partial charge in [0, 0.05) is 53.5 Å². The van der Waals surface area contributed by atoms with Crippen LogP contribution in [0.25, 0.3) is 22.0 Å². The SMILES string of the molecule is Cc1cc2ccc(N3CCCC(Nc4ccc(-c5cn[nH]c5)cc4)C3)cc2[nH]1. The lowest BCUT2D eigenvalue weighted by Gasteiger charge is -2.35. The summed E-state index contributed by atoms with van der Waals surface area (Å²) in [4.78, 5) is 5.95. The first-order valence-electron chi connectivity index (χ1n) is 9.95. The maximum Gasteiger partial charge on any atom is 0.0565 e. The van der Waals surface area contributed by atoms with Gasteiger partial charge < -0.3 is 15.2 Å². The van der Waals surface area contributed by atoms with Crippen molar-refractivity contribution in [2.24, 2.45) is 0 Å². The number of fused-ring (bicyclic) bond motifs is 1. The predicted octanol–water partition coefficient (Wildman–Crippen LogP) is 4.95. The van der Waals surface area contributed by atoms with E-state index in [0.29, 0.717) is 6.04 Å². The van der Waals surface area contributed by atoms with Crippen molar-refractivity contribution in [2.75, 3.05) is 23.3 Å². The largest absolute Gasteiger partial charge is 0.381 e. The van der Waals surface area contributed by atoms with Gasteiger partial charge in [0.05, 0.1) is 6.20 Å². The summed E-state index contributed by atoms with van der Waals surface area (Å²) in [6.45, 7) is 4.25. The molecular weight excluding hydrogens is 346 g/mol. The zero-order valence-corrected chi connectivity index (χ0v) is 16.1. The Bertz CT molecular complexity index is 1060. The van der Waals surface area contributed by atoms with Gasteiger partial charge in [-0.1, -0.05) is 18.2 Å². The average molecular weight is 371 g/mol. The van der Waals surface area contributed by atoms with Crippen molar-refractivity contribution in [1.29, 1.82) is 0 Å². The lowest BCUT2D eigenvalue weighted by molar-refractivity contribution is 0.530. The molecule has 0 saturated carbocycles. The first-order valence-corrected chi connectivity index (χ1v) is 9.95. The molecule has 5 heteroatoms. The number of nitrogens with zero attached hydrogens (tertiary/aromatic N) is 2. The van der Waals surface area contributed by atoms with Crippen molar-refractivity contribution in [3.8, 4) is 11.1 Å². The Morgan fingerprint density at radius 1 is 1.07 bits per heavy atom. The lowest BCUT2D eigenvalue weighted by Crippen LogP contribution is -2.42. The number of aromatic amines is 2. The zero-order valence-electron chi connectivity index (χ0n) is 16.1. The van der Waals surface area contributed by atoms with Gasteiger partial charge in [0.25, 0.3) is 0 Å². The third kappa shape index (κ3) is 3.36. The standard InChI is InChI=1S/C23H25N5/c1-16-11-18-6-9-22(12-23(18)26-16)28-10-2-3-21(15-28)27-20-7-4-17(5-8-20)19-13-24-25-14-19/h4-9,11-14,21,26-27H,2-3,10,15H2,1H3,(H,24,25). The minimum Gasteiger partial charge on any atom is -0.381 e. The van der Waals surface area contributed by atoms with Gasteiger partial charge in [0.2, 0.25) is 0 Å². The molecule has 1 atom stereocenters. The zero-order chi connectivity index (χ0) is 18.9. The lowest BCUT2D eigenvalue weighted by atomic mass is 10.0. The van der Waals surface area contributed by atoms with Crippen molar-refractivity contribution in [3.05, 3.63) is 66.6 Å². The van der Waals surface area contributed by atoms with Crippen molar-refractivity contribution in [2.45, 2.75) is 25.8 Å². The maximum absolute atomic E-state index is 4.02. The van der Waals surface area contributed by atoms with Gasteiger partial charge in [0.1, 0.15) is 0 Å². The molecule has 1 fully saturated rings. The third-order valence-electron chi connectivity index (χ3n) is 5.61. The Balaban J connectivity index is 1.28. The molecule has 5 nitrogen and oxygen atoms in total. The van der Waals surface area contributed by atoms with E-state index in [1.165, 1.54) is 46.4 Å². The minimum absolute atomic E-state index is 0.453. The van der Waals surface area contributed by atoms with E-state index in [2.05, 4.69) is 80.9 Å². The highest BCUT2D eigenvalue weighted by Gasteiger charge is 2.20. The maximum atomic E-state index is 4.02. The number of hydrogen-bond acceptors (Lipinski definition) is 3. The second kappa shape index (κ2) is 7.08. The van der Waals surface area contributed by atoms with Gasteiger partial charge in [0.15, 0.2) is 0 Å². The Morgan fingerprint density at radius 2 is 1.96 bits per heavy atom. The molecule has 4 aromatic rings. The smallest absolute Gasteiger partial charge is 0.0565 e. The fraction of sp³-hybridized carbons (Fsp3) is 0.261. The second-order valence-electron chi connectivity index (χ2n) is 7.72. The number of hydrogen-bond donors (Lipinski definition) is 3. The van der Waals surface area contributed by atoms with E-state index >= 15 is 0 Å². The number of anilines is 2. The predicted molar refractivity (Wildman–Crippen MR) is 116 cm³/mol. The van der Waals surface area contributed by atoms with Gasteiger partial charge in [-0.05, 0) is 61.0 Å². The van der Waals surface area contributed by atoms with E-state index < -0.39 is 0 Å². The van der Waals surface area contributed by atoms with E-state index in [1.807, 2.05) is 12.4 Å². The summed E-state index contributed by atoms with van der Waals surface area (Å²) in [6.07, 6.45) is 6.17. The van der Waals surface area contributed by atoms with Gasteiger partial charge in [-0.2, -0.15) is 5.10 Å². The molecule has 5 rings (SSSR count). The van der Waals surface area contributed by atoms with Crippen molar-refractivity contribution in [3.63, 3.8) is 0 Å².